The number of aromatic amines is 1. The molecule has 1 saturated carbocycles. The van der Waals surface area contributed by atoms with Crippen LogP contribution in [0.5, 0.6) is 5.75 Å². The summed E-state index contributed by atoms with van der Waals surface area (Å²) in [6, 6.07) is 22.8. The summed E-state index contributed by atoms with van der Waals surface area (Å²) in [7, 11) is 0. The van der Waals surface area contributed by atoms with Crippen molar-refractivity contribution in [3.63, 3.8) is 0 Å². The van der Waals surface area contributed by atoms with Crippen LogP contribution in [0, 0.1) is 5.92 Å². The molecule has 2 fully saturated rings. The van der Waals surface area contributed by atoms with Crippen LogP contribution in [0.25, 0.3) is 22.4 Å². The zero-order valence-corrected chi connectivity index (χ0v) is 23.4. The van der Waals surface area contributed by atoms with E-state index in [0.717, 1.165) is 73.0 Å². The van der Waals surface area contributed by atoms with Gasteiger partial charge in [-0.3, -0.25) is 9.69 Å². The highest BCUT2D eigenvalue weighted by atomic mass is 16.5. The number of imidazole rings is 1. The molecule has 208 valence electrons. The van der Waals surface area contributed by atoms with E-state index in [1.165, 1.54) is 30.5 Å². The van der Waals surface area contributed by atoms with Gasteiger partial charge in [-0.05, 0) is 67.1 Å². The number of carbonyl (C=O) groups is 1. The number of anilines is 2. The van der Waals surface area contributed by atoms with Crippen LogP contribution in [0.15, 0.2) is 66.7 Å². The van der Waals surface area contributed by atoms with Gasteiger partial charge in [0.1, 0.15) is 23.7 Å². The molecule has 3 aromatic carbocycles. The summed E-state index contributed by atoms with van der Waals surface area (Å²) in [5.41, 5.74) is 6.60. The largest absolute Gasteiger partial charge is 0.492 e. The molecule has 0 unspecified atom stereocenters. The number of piperazine rings is 1. The van der Waals surface area contributed by atoms with Gasteiger partial charge in [0.05, 0.1) is 11.2 Å². The van der Waals surface area contributed by atoms with Crippen LogP contribution in [0.1, 0.15) is 38.2 Å². The molecule has 2 aliphatic rings. The maximum atomic E-state index is 12.1. The van der Waals surface area contributed by atoms with Crippen LogP contribution in [0.3, 0.4) is 0 Å². The van der Waals surface area contributed by atoms with Crippen molar-refractivity contribution in [2.24, 2.45) is 5.92 Å². The molecule has 0 bridgehead atoms. The van der Waals surface area contributed by atoms with Crippen LogP contribution in [0.4, 0.5) is 11.4 Å². The number of rotatable bonds is 10. The number of aryl methyl sites for hydroxylation is 1. The Hall–Kier alpha value is -3.84. The molecule has 4 aromatic rings. The molecule has 6 rings (SSSR count). The fourth-order valence-electron chi connectivity index (χ4n) is 5.62. The Morgan fingerprint density at radius 3 is 2.48 bits per heavy atom. The average Bonchev–Trinajstić information content (AvgIpc) is 3.41. The highest BCUT2D eigenvalue weighted by Gasteiger charge is 2.21. The summed E-state index contributed by atoms with van der Waals surface area (Å²) in [5.74, 6) is 2.44. The number of nitrogens with one attached hydrogen (secondary N) is 2. The monoisotopic (exact) mass is 537 g/mol. The molecule has 7 nitrogen and oxygen atoms in total. The third kappa shape index (κ3) is 6.15. The Morgan fingerprint density at radius 2 is 1.77 bits per heavy atom. The first-order chi connectivity index (χ1) is 19.6. The maximum Gasteiger partial charge on any atom is 0.224 e. The van der Waals surface area contributed by atoms with Gasteiger partial charge in [0.2, 0.25) is 5.91 Å². The van der Waals surface area contributed by atoms with Crippen molar-refractivity contribution in [3.8, 4) is 17.1 Å². The van der Waals surface area contributed by atoms with Crippen molar-refractivity contribution in [1.82, 2.24) is 14.9 Å². The standard InChI is InChI=1S/C33H39N5O2/c1-2-24-9-11-26(12-10-24)33-35-29-7-4-8-30(32(29)36-33)38-19-17-37(18-20-38)21-22-40-28-15-13-27(14-16-28)34-31(39)23-25-5-3-6-25/h4,7-16,25H,2-3,5-6,17-23H2,1H3,(H,34,39)(H,35,36). The van der Waals surface area contributed by atoms with Gasteiger partial charge >= 0.3 is 0 Å². The summed E-state index contributed by atoms with van der Waals surface area (Å²) >= 11 is 0. The second kappa shape index (κ2) is 12.1. The number of para-hydroxylation sites is 1. The fraction of sp³-hybridized carbons (Fsp3) is 0.394. The normalized spacial score (nSPS) is 16.2. The minimum absolute atomic E-state index is 0.114. The van der Waals surface area contributed by atoms with E-state index in [1.54, 1.807) is 0 Å². The number of H-pyrrole nitrogens is 1. The third-order valence-electron chi connectivity index (χ3n) is 8.35. The van der Waals surface area contributed by atoms with E-state index in [1.807, 2.05) is 24.3 Å². The van der Waals surface area contributed by atoms with E-state index >= 15 is 0 Å². The first-order valence-corrected chi connectivity index (χ1v) is 14.7. The predicted octanol–water partition coefficient (Wildman–Crippen LogP) is 6.12. The molecular formula is C33H39N5O2. The molecule has 2 N–H and O–H groups in total. The molecular weight excluding hydrogens is 498 g/mol. The topological polar surface area (TPSA) is 73.5 Å². The van der Waals surface area contributed by atoms with Gasteiger partial charge < -0.3 is 19.9 Å². The summed E-state index contributed by atoms with van der Waals surface area (Å²) in [6.07, 6.45) is 5.31. The van der Waals surface area contributed by atoms with Crippen LogP contribution in [-0.2, 0) is 11.2 Å². The number of benzene rings is 3. The smallest absolute Gasteiger partial charge is 0.224 e. The zero-order chi connectivity index (χ0) is 27.3. The van der Waals surface area contributed by atoms with Crippen molar-refractivity contribution in [2.75, 3.05) is 49.5 Å². The molecule has 0 radical (unpaired) electrons. The van der Waals surface area contributed by atoms with E-state index in [-0.39, 0.29) is 5.91 Å². The predicted molar refractivity (Wildman–Crippen MR) is 162 cm³/mol. The first kappa shape index (κ1) is 26.4. The van der Waals surface area contributed by atoms with Gasteiger partial charge in [0, 0.05) is 50.4 Å². The summed E-state index contributed by atoms with van der Waals surface area (Å²) in [5, 5.41) is 3.00. The third-order valence-corrected chi connectivity index (χ3v) is 8.35. The van der Waals surface area contributed by atoms with E-state index in [4.69, 9.17) is 9.72 Å². The van der Waals surface area contributed by atoms with E-state index in [0.29, 0.717) is 18.9 Å². The minimum Gasteiger partial charge on any atom is -0.492 e. The van der Waals surface area contributed by atoms with Crippen LogP contribution < -0.4 is 15.0 Å². The lowest BCUT2D eigenvalue weighted by atomic mass is 9.83. The Bertz CT molecular complexity index is 1420. The van der Waals surface area contributed by atoms with Crippen molar-refractivity contribution >= 4 is 28.3 Å². The van der Waals surface area contributed by atoms with Crippen molar-refractivity contribution in [3.05, 3.63) is 72.3 Å². The number of carbonyl (C=O) groups excluding carboxylic acids is 1. The number of hydrogen-bond donors (Lipinski definition) is 2. The number of nitrogens with zero attached hydrogens (tertiary/aromatic N) is 3. The lowest BCUT2D eigenvalue weighted by molar-refractivity contribution is -0.117. The number of aromatic nitrogens is 2. The van der Waals surface area contributed by atoms with Gasteiger partial charge in [0.15, 0.2) is 0 Å². The van der Waals surface area contributed by atoms with Gasteiger partial charge in [-0.15, -0.1) is 0 Å². The number of ether oxygens (including phenoxy) is 1. The van der Waals surface area contributed by atoms with Crippen LogP contribution in [0.2, 0.25) is 0 Å². The molecule has 0 atom stereocenters. The van der Waals surface area contributed by atoms with Gasteiger partial charge in [-0.1, -0.05) is 43.7 Å². The van der Waals surface area contributed by atoms with E-state index < -0.39 is 0 Å². The molecule has 1 aromatic heterocycles. The van der Waals surface area contributed by atoms with Crippen molar-refractivity contribution < 1.29 is 9.53 Å². The molecule has 1 amide bonds. The Balaban J connectivity index is 0.981. The van der Waals surface area contributed by atoms with Crippen molar-refractivity contribution in [1.29, 1.82) is 0 Å². The Morgan fingerprint density at radius 1 is 1.00 bits per heavy atom. The summed E-state index contributed by atoms with van der Waals surface area (Å²) < 4.78 is 6.01. The highest BCUT2D eigenvalue weighted by Crippen LogP contribution is 2.30. The molecule has 2 heterocycles. The molecule has 1 aliphatic heterocycles. The molecule has 1 aliphatic carbocycles. The van der Waals surface area contributed by atoms with Gasteiger partial charge in [0.25, 0.3) is 0 Å². The summed E-state index contributed by atoms with van der Waals surface area (Å²) in [4.78, 5) is 25.6. The van der Waals surface area contributed by atoms with Crippen molar-refractivity contribution in [2.45, 2.75) is 39.0 Å². The van der Waals surface area contributed by atoms with Crippen LogP contribution in [-0.4, -0.2) is 60.1 Å². The number of fused-ring (bicyclic) bond motifs is 1. The zero-order valence-electron chi connectivity index (χ0n) is 23.4. The fourth-order valence-corrected chi connectivity index (χ4v) is 5.62. The van der Waals surface area contributed by atoms with E-state index in [9.17, 15) is 4.79 Å². The average molecular weight is 538 g/mol. The molecule has 0 spiro atoms. The highest BCUT2D eigenvalue weighted by molar-refractivity contribution is 5.91. The number of amides is 1. The first-order valence-electron chi connectivity index (χ1n) is 14.7. The van der Waals surface area contributed by atoms with E-state index in [2.05, 4.69) is 69.5 Å². The number of hydrogen-bond acceptors (Lipinski definition) is 5. The molecule has 7 heteroatoms. The van der Waals surface area contributed by atoms with Crippen LogP contribution >= 0.6 is 0 Å². The Labute approximate surface area is 236 Å². The SMILES string of the molecule is CCc1ccc(-c2nc3c(N4CCN(CCOc5ccc(NC(=O)CC6CCC6)cc5)CC4)cccc3[nH]2)cc1. The summed E-state index contributed by atoms with van der Waals surface area (Å²) in [6.45, 7) is 7.60. The van der Waals surface area contributed by atoms with Gasteiger partial charge in [-0.25, -0.2) is 4.98 Å². The lowest BCUT2D eigenvalue weighted by Gasteiger charge is -2.36. The second-order valence-electron chi connectivity index (χ2n) is 11.1. The Kier molecular flexibility index (Phi) is 8.00. The molecule has 40 heavy (non-hydrogen) atoms. The minimum atomic E-state index is 0.114. The van der Waals surface area contributed by atoms with Gasteiger partial charge in [-0.2, -0.15) is 0 Å². The maximum absolute atomic E-state index is 12.1. The molecule has 1 saturated heterocycles. The quantitative estimate of drug-likeness (QED) is 0.255. The lowest BCUT2D eigenvalue weighted by Crippen LogP contribution is -2.47. The second-order valence-corrected chi connectivity index (χ2v) is 11.1.